The van der Waals surface area contributed by atoms with E-state index in [1.807, 2.05) is 11.4 Å². The standard InChI is InChI=1S/C10H6ClNOS/c1-13-8-5-14-9-3-2-7(11)6(4-12)10(8)9/h2-3,5H,1H3. The van der Waals surface area contributed by atoms with Gasteiger partial charge in [0, 0.05) is 10.1 Å². The number of methoxy groups -OCH3 is 1. The van der Waals surface area contributed by atoms with E-state index < -0.39 is 0 Å². The van der Waals surface area contributed by atoms with Crippen molar-refractivity contribution in [2.24, 2.45) is 0 Å². The Morgan fingerprint density at radius 3 is 2.93 bits per heavy atom. The Kier molecular flexibility index (Phi) is 2.32. The normalized spacial score (nSPS) is 10.1. The third-order valence-electron chi connectivity index (χ3n) is 1.99. The highest BCUT2D eigenvalue weighted by Crippen LogP contribution is 2.37. The molecule has 1 heterocycles. The maximum atomic E-state index is 8.97. The molecule has 0 aliphatic heterocycles. The van der Waals surface area contributed by atoms with Crippen LogP contribution in [0, 0.1) is 11.3 Å². The topological polar surface area (TPSA) is 33.0 Å². The first kappa shape index (κ1) is 9.32. The Hall–Kier alpha value is -1.24. The summed E-state index contributed by atoms with van der Waals surface area (Å²) in [5.41, 5.74) is 0.488. The van der Waals surface area contributed by atoms with Crippen molar-refractivity contribution in [3.63, 3.8) is 0 Å². The molecule has 0 radical (unpaired) electrons. The minimum absolute atomic E-state index is 0.469. The van der Waals surface area contributed by atoms with E-state index in [2.05, 4.69) is 6.07 Å². The van der Waals surface area contributed by atoms with Gasteiger partial charge in [-0.3, -0.25) is 0 Å². The van der Waals surface area contributed by atoms with Crippen molar-refractivity contribution < 1.29 is 4.74 Å². The highest BCUT2D eigenvalue weighted by Gasteiger charge is 2.12. The number of thiophene rings is 1. The molecule has 0 N–H and O–H groups in total. The molecule has 4 heteroatoms. The Balaban J connectivity index is 2.90. The third-order valence-corrected chi connectivity index (χ3v) is 3.23. The smallest absolute Gasteiger partial charge is 0.138 e. The minimum Gasteiger partial charge on any atom is -0.495 e. The molecule has 0 spiro atoms. The van der Waals surface area contributed by atoms with Crippen LogP contribution >= 0.6 is 22.9 Å². The van der Waals surface area contributed by atoms with E-state index >= 15 is 0 Å². The van der Waals surface area contributed by atoms with Crippen LogP contribution in [0.1, 0.15) is 5.56 Å². The molecule has 1 aromatic heterocycles. The van der Waals surface area contributed by atoms with Crippen LogP contribution in [0.5, 0.6) is 5.75 Å². The van der Waals surface area contributed by atoms with Crippen molar-refractivity contribution in [1.29, 1.82) is 5.26 Å². The first-order valence-corrected chi connectivity index (χ1v) is 5.17. The SMILES string of the molecule is COc1csc2ccc(Cl)c(C#N)c12. The van der Waals surface area contributed by atoms with E-state index in [4.69, 9.17) is 21.6 Å². The van der Waals surface area contributed by atoms with E-state index in [1.54, 1.807) is 24.5 Å². The van der Waals surface area contributed by atoms with Gasteiger partial charge in [-0.05, 0) is 12.1 Å². The average Bonchev–Trinajstić information content (AvgIpc) is 2.61. The lowest BCUT2D eigenvalue weighted by atomic mass is 10.1. The van der Waals surface area contributed by atoms with Crippen LogP contribution in [-0.4, -0.2) is 7.11 Å². The Morgan fingerprint density at radius 1 is 1.50 bits per heavy atom. The first-order valence-electron chi connectivity index (χ1n) is 3.91. The lowest BCUT2D eigenvalue weighted by Crippen LogP contribution is -1.83. The van der Waals surface area contributed by atoms with Crippen molar-refractivity contribution in [2.45, 2.75) is 0 Å². The van der Waals surface area contributed by atoms with E-state index in [0.717, 1.165) is 10.1 Å². The molecule has 0 atom stereocenters. The average molecular weight is 224 g/mol. The summed E-state index contributed by atoms with van der Waals surface area (Å²) in [6, 6.07) is 5.72. The second kappa shape index (κ2) is 3.49. The Labute approximate surface area is 90.3 Å². The molecule has 0 aliphatic carbocycles. The van der Waals surface area contributed by atoms with Crippen molar-refractivity contribution >= 4 is 33.0 Å². The number of benzene rings is 1. The molecule has 0 bridgehead atoms. The van der Waals surface area contributed by atoms with Gasteiger partial charge in [0.15, 0.2) is 0 Å². The largest absolute Gasteiger partial charge is 0.495 e. The Morgan fingerprint density at radius 2 is 2.29 bits per heavy atom. The fourth-order valence-electron chi connectivity index (χ4n) is 1.34. The van der Waals surface area contributed by atoms with E-state index in [9.17, 15) is 0 Å². The van der Waals surface area contributed by atoms with Gasteiger partial charge in [-0.15, -0.1) is 11.3 Å². The summed E-state index contributed by atoms with van der Waals surface area (Å²) in [7, 11) is 1.59. The van der Waals surface area contributed by atoms with Crippen LogP contribution in [0.3, 0.4) is 0 Å². The zero-order valence-corrected chi connectivity index (χ0v) is 8.95. The summed E-state index contributed by atoms with van der Waals surface area (Å²) < 4.78 is 6.18. The number of hydrogen-bond donors (Lipinski definition) is 0. The number of nitriles is 1. The zero-order chi connectivity index (χ0) is 10.1. The molecule has 70 valence electrons. The summed E-state index contributed by atoms with van der Waals surface area (Å²) in [5, 5.41) is 12.1. The monoisotopic (exact) mass is 223 g/mol. The molecule has 0 unspecified atom stereocenters. The molecule has 0 saturated heterocycles. The molecule has 2 rings (SSSR count). The number of nitrogens with zero attached hydrogens (tertiary/aromatic N) is 1. The quantitative estimate of drug-likeness (QED) is 0.742. The van der Waals surface area contributed by atoms with Gasteiger partial charge in [0.25, 0.3) is 0 Å². The second-order valence-electron chi connectivity index (χ2n) is 2.71. The number of ether oxygens (including phenoxy) is 1. The van der Waals surface area contributed by atoms with Crippen molar-refractivity contribution in [3.8, 4) is 11.8 Å². The summed E-state index contributed by atoms with van der Waals surface area (Å²) in [4.78, 5) is 0. The zero-order valence-electron chi connectivity index (χ0n) is 7.37. The van der Waals surface area contributed by atoms with Gasteiger partial charge in [0.2, 0.25) is 0 Å². The minimum atomic E-state index is 0.469. The summed E-state index contributed by atoms with van der Waals surface area (Å²) in [5.74, 6) is 0.712. The molecule has 0 aliphatic rings. The van der Waals surface area contributed by atoms with Crippen LogP contribution in [0.15, 0.2) is 17.5 Å². The summed E-state index contributed by atoms with van der Waals surface area (Å²) >= 11 is 7.46. The second-order valence-corrected chi connectivity index (χ2v) is 4.03. The summed E-state index contributed by atoms with van der Waals surface area (Å²) in [6.07, 6.45) is 0. The van der Waals surface area contributed by atoms with Gasteiger partial charge in [-0.2, -0.15) is 5.26 Å². The highest BCUT2D eigenvalue weighted by molar-refractivity contribution is 7.17. The highest BCUT2D eigenvalue weighted by atomic mass is 35.5. The van der Waals surface area contributed by atoms with Crippen molar-refractivity contribution in [2.75, 3.05) is 7.11 Å². The number of hydrogen-bond acceptors (Lipinski definition) is 3. The van der Waals surface area contributed by atoms with Gasteiger partial charge in [0.1, 0.15) is 11.8 Å². The van der Waals surface area contributed by atoms with E-state index in [-0.39, 0.29) is 0 Å². The van der Waals surface area contributed by atoms with Crippen LogP contribution in [0.25, 0.3) is 10.1 Å². The van der Waals surface area contributed by atoms with E-state index in [0.29, 0.717) is 16.3 Å². The molecular weight excluding hydrogens is 218 g/mol. The molecule has 2 aromatic rings. The van der Waals surface area contributed by atoms with Gasteiger partial charge in [0.05, 0.1) is 23.1 Å². The Bertz CT molecular complexity index is 527. The van der Waals surface area contributed by atoms with Crippen molar-refractivity contribution in [1.82, 2.24) is 0 Å². The van der Waals surface area contributed by atoms with Crippen LogP contribution in [0.4, 0.5) is 0 Å². The molecule has 0 saturated carbocycles. The fraction of sp³-hybridized carbons (Fsp3) is 0.100. The molecule has 14 heavy (non-hydrogen) atoms. The predicted octanol–water partition coefficient (Wildman–Crippen LogP) is 3.43. The summed E-state index contributed by atoms with van der Waals surface area (Å²) in [6.45, 7) is 0. The van der Waals surface area contributed by atoms with Gasteiger partial charge >= 0.3 is 0 Å². The molecular formula is C10H6ClNOS. The lowest BCUT2D eigenvalue weighted by molar-refractivity contribution is 0.421. The maximum Gasteiger partial charge on any atom is 0.138 e. The number of halogens is 1. The number of fused-ring (bicyclic) bond motifs is 1. The molecule has 1 aromatic carbocycles. The fourth-order valence-corrected chi connectivity index (χ4v) is 2.45. The lowest BCUT2D eigenvalue weighted by Gasteiger charge is -2.00. The molecule has 0 amide bonds. The van der Waals surface area contributed by atoms with Crippen molar-refractivity contribution in [3.05, 3.63) is 28.1 Å². The van der Waals surface area contributed by atoms with Crippen LogP contribution in [0.2, 0.25) is 5.02 Å². The van der Waals surface area contributed by atoms with Gasteiger partial charge in [-0.1, -0.05) is 11.6 Å². The van der Waals surface area contributed by atoms with Gasteiger partial charge in [-0.25, -0.2) is 0 Å². The third kappa shape index (κ3) is 1.24. The number of rotatable bonds is 1. The van der Waals surface area contributed by atoms with Gasteiger partial charge < -0.3 is 4.74 Å². The predicted molar refractivity (Wildman–Crippen MR) is 58.1 cm³/mol. The first-order chi connectivity index (χ1) is 6.77. The molecule has 2 nitrogen and oxygen atoms in total. The maximum absolute atomic E-state index is 8.97. The van der Waals surface area contributed by atoms with Crippen LogP contribution in [-0.2, 0) is 0 Å². The van der Waals surface area contributed by atoms with Crippen LogP contribution < -0.4 is 4.74 Å². The molecule has 0 fully saturated rings. The van der Waals surface area contributed by atoms with E-state index in [1.165, 1.54) is 0 Å².